The van der Waals surface area contributed by atoms with Crippen molar-refractivity contribution in [3.05, 3.63) is 0 Å². The van der Waals surface area contributed by atoms with E-state index < -0.39 is 6.09 Å². The smallest absolute Gasteiger partial charge is 0.407 e. The Kier molecular flexibility index (Phi) is 2.67. The minimum atomic E-state index is -0.913. The van der Waals surface area contributed by atoms with Crippen LogP contribution in [-0.2, 0) is 4.74 Å². The SMILES string of the molecule is NC[C@@H]1COCCN1C(=O)O. The fourth-order valence-electron chi connectivity index (χ4n) is 1.10. The molecule has 1 aliphatic rings. The summed E-state index contributed by atoms with van der Waals surface area (Å²) in [4.78, 5) is 11.9. The van der Waals surface area contributed by atoms with Crippen molar-refractivity contribution in [2.75, 3.05) is 26.3 Å². The van der Waals surface area contributed by atoms with Gasteiger partial charge in [0.1, 0.15) is 0 Å². The molecule has 64 valence electrons. The number of carbonyl (C=O) groups is 1. The highest BCUT2D eigenvalue weighted by Gasteiger charge is 2.25. The lowest BCUT2D eigenvalue weighted by Crippen LogP contribution is -2.51. The van der Waals surface area contributed by atoms with Crippen molar-refractivity contribution in [3.8, 4) is 0 Å². The molecule has 1 atom stereocenters. The summed E-state index contributed by atoms with van der Waals surface area (Å²) in [6.45, 7) is 1.65. The van der Waals surface area contributed by atoms with E-state index in [0.29, 0.717) is 26.3 Å². The van der Waals surface area contributed by atoms with Crippen LogP contribution >= 0.6 is 0 Å². The van der Waals surface area contributed by atoms with E-state index in [4.69, 9.17) is 15.6 Å². The van der Waals surface area contributed by atoms with Gasteiger partial charge in [-0.05, 0) is 0 Å². The van der Waals surface area contributed by atoms with E-state index in [1.165, 1.54) is 4.90 Å². The molecule has 0 spiro atoms. The predicted octanol–water partition coefficient (Wildman–Crippen LogP) is -0.676. The maximum Gasteiger partial charge on any atom is 0.407 e. The summed E-state index contributed by atoms with van der Waals surface area (Å²) >= 11 is 0. The summed E-state index contributed by atoms with van der Waals surface area (Å²) in [5.41, 5.74) is 5.35. The number of hydrogen-bond acceptors (Lipinski definition) is 3. The molecule has 0 aliphatic carbocycles. The zero-order valence-electron chi connectivity index (χ0n) is 6.19. The number of hydrogen-bond donors (Lipinski definition) is 2. The number of nitrogens with zero attached hydrogens (tertiary/aromatic N) is 1. The Labute approximate surface area is 64.7 Å². The number of ether oxygens (including phenoxy) is 1. The molecule has 0 radical (unpaired) electrons. The van der Waals surface area contributed by atoms with E-state index in [-0.39, 0.29) is 6.04 Å². The van der Waals surface area contributed by atoms with Crippen LogP contribution in [0.15, 0.2) is 0 Å². The van der Waals surface area contributed by atoms with Gasteiger partial charge in [0, 0.05) is 13.1 Å². The normalized spacial score (nSPS) is 25.2. The van der Waals surface area contributed by atoms with Gasteiger partial charge >= 0.3 is 6.09 Å². The van der Waals surface area contributed by atoms with Crippen LogP contribution in [0.4, 0.5) is 4.79 Å². The van der Waals surface area contributed by atoms with Gasteiger partial charge in [-0.2, -0.15) is 0 Å². The molecule has 0 aromatic heterocycles. The molecule has 5 nitrogen and oxygen atoms in total. The zero-order chi connectivity index (χ0) is 8.27. The highest BCUT2D eigenvalue weighted by atomic mass is 16.5. The third-order valence-corrected chi connectivity index (χ3v) is 1.75. The van der Waals surface area contributed by atoms with Gasteiger partial charge in [-0.3, -0.25) is 4.90 Å². The Hall–Kier alpha value is -0.810. The molecule has 1 amide bonds. The fraction of sp³-hybridized carbons (Fsp3) is 0.833. The molecule has 0 saturated carbocycles. The summed E-state index contributed by atoms with van der Waals surface area (Å²) in [6, 6.07) is -0.166. The Morgan fingerprint density at radius 1 is 1.82 bits per heavy atom. The van der Waals surface area contributed by atoms with Crippen molar-refractivity contribution in [2.45, 2.75) is 6.04 Å². The molecular formula is C6H12N2O3. The summed E-state index contributed by atoms with van der Waals surface area (Å²) in [6.07, 6.45) is -0.913. The minimum Gasteiger partial charge on any atom is -0.465 e. The third kappa shape index (κ3) is 1.81. The second-order valence-corrected chi connectivity index (χ2v) is 2.44. The van der Waals surface area contributed by atoms with Crippen LogP contribution in [0.1, 0.15) is 0 Å². The van der Waals surface area contributed by atoms with E-state index in [2.05, 4.69) is 0 Å². The molecule has 0 unspecified atom stereocenters. The van der Waals surface area contributed by atoms with Crippen molar-refractivity contribution in [3.63, 3.8) is 0 Å². The van der Waals surface area contributed by atoms with E-state index >= 15 is 0 Å². The summed E-state index contributed by atoms with van der Waals surface area (Å²) in [7, 11) is 0. The van der Waals surface area contributed by atoms with Crippen LogP contribution in [0.2, 0.25) is 0 Å². The Morgan fingerprint density at radius 3 is 3.00 bits per heavy atom. The minimum absolute atomic E-state index is 0.166. The van der Waals surface area contributed by atoms with Crippen LogP contribution in [0, 0.1) is 0 Å². The zero-order valence-corrected chi connectivity index (χ0v) is 6.19. The van der Waals surface area contributed by atoms with Gasteiger partial charge in [0.05, 0.1) is 19.3 Å². The molecule has 1 saturated heterocycles. The van der Waals surface area contributed by atoms with E-state index in [1.807, 2.05) is 0 Å². The van der Waals surface area contributed by atoms with Crippen molar-refractivity contribution in [1.82, 2.24) is 4.90 Å². The Balaban J connectivity index is 2.51. The average molecular weight is 160 g/mol. The largest absolute Gasteiger partial charge is 0.465 e. The van der Waals surface area contributed by atoms with Crippen molar-refractivity contribution in [2.24, 2.45) is 5.73 Å². The van der Waals surface area contributed by atoms with Gasteiger partial charge in [-0.15, -0.1) is 0 Å². The monoisotopic (exact) mass is 160 g/mol. The predicted molar refractivity (Wildman–Crippen MR) is 38.4 cm³/mol. The van der Waals surface area contributed by atoms with Crippen LogP contribution < -0.4 is 5.73 Å². The average Bonchev–Trinajstić information content (AvgIpc) is 2.04. The standard InChI is InChI=1S/C6H12N2O3/c7-3-5-4-11-2-1-8(5)6(9)10/h5H,1-4,7H2,(H,9,10)/t5-/m1/s1. The van der Waals surface area contributed by atoms with Crippen molar-refractivity contribution in [1.29, 1.82) is 0 Å². The van der Waals surface area contributed by atoms with Gasteiger partial charge < -0.3 is 15.6 Å². The molecule has 1 heterocycles. The second-order valence-electron chi connectivity index (χ2n) is 2.44. The van der Waals surface area contributed by atoms with Crippen LogP contribution in [0.3, 0.4) is 0 Å². The molecule has 1 aliphatic heterocycles. The van der Waals surface area contributed by atoms with Gasteiger partial charge in [-0.25, -0.2) is 4.79 Å². The second kappa shape index (κ2) is 3.54. The van der Waals surface area contributed by atoms with Crippen LogP contribution in [0.5, 0.6) is 0 Å². The van der Waals surface area contributed by atoms with Crippen molar-refractivity contribution >= 4 is 6.09 Å². The molecule has 5 heteroatoms. The first-order chi connectivity index (χ1) is 5.25. The molecular weight excluding hydrogens is 148 g/mol. The lowest BCUT2D eigenvalue weighted by molar-refractivity contribution is 0.00314. The first-order valence-corrected chi connectivity index (χ1v) is 3.53. The van der Waals surface area contributed by atoms with Crippen molar-refractivity contribution < 1.29 is 14.6 Å². The maximum atomic E-state index is 10.5. The highest BCUT2D eigenvalue weighted by Crippen LogP contribution is 2.04. The van der Waals surface area contributed by atoms with Gasteiger partial charge in [-0.1, -0.05) is 0 Å². The molecule has 0 bridgehead atoms. The number of carboxylic acid groups (broad SMARTS) is 1. The summed E-state index contributed by atoms with van der Waals surface area (Å²) < 4.78 is 5.07. The molecule has 1 rings (SSSR count). The maximum absolute atomic E-state index is 10.5. The molecule has 3 N–H and O–H groups in total. The number of nitrogens with two attached hydrogens (primary N) is 1. The van der Waals surface area contributed by atoms with Crippen LogP contribution in [-0.4, -0.2) is 48.4 Å². The third-order valence-electron chi connectivity index (χ3n) is 1.75. The summed E-state index contributed by atoms with van der Waals surface area (Å²) in [5.74, 6) is 0. The highest BCUT2D eigenvalue weighted by molar-refractivity contribution is 5.65. The van der Waals surface area contributed by atoms with Gasteiger partial charge in [0.15, 0.2) is 0 Å². The van der Waals surface area contributed by atoms with E-state index in [9.17, 15) is 4.79 Å². The molecule has 0 aromatic rings. The lowest BCUT2D eigenvalue weighted by Gasteiger charge is -2.32. The molecule has 1 fully saturated rings. The van der Waals surface area contributed by atoms with Crippen LogP contribution in [0.25, 0.3) is 0 Å². The fourth-order valence-corrected chi connectivity index (χ4v) is 1.10. The molecule has 11 heavy (non-hydrogen) atoms. The first kappa shape index (κ1) is 8.29. The van der Waals surface area contributed by atoms with Gasteiger partial charge in [0.25, 0.3) is 0 Å². The van der Waals surface area contributed by atoms with E-state index in [1.54, 1.807) is 0 Å². The molecule has 0 aromatic carbocycles. The Bertz CT molecular complexity index is 151. The quantitative estimate of drug-likeness (QED) is 0.533. The lowest BCUT2D eigenvalue weighted by atomic mass is 10.2. The topological polar surface area (TPSA) is 75.8 Å². The Morgan fingerprint density at radius 2 is 2.55 bits per heavy atom. The first-order valence-electron chi connectivity index (χ1n) is 3.53. The number of rotatable bonds is 1. The van der Waals surface area contributed by atoms with E-state index in [0.717, 1.165) is 0 Å². The number of amides is 1. The summed E-state index contributed by atoms with van der Waals surface area (Å²) in [5, 5.41) is 8.65. The number of morpholine rings is 1. The van der Waals surface area contributed by atoms with Gasteiger partial charge in [0.2, 0.25) is 0 Å².